The first kappa shape index (κ1) is 20.6. The van der Waals surface area contributed by atoms with Crippen LogP contribution in [0.2, 0.25) is 0 Å². The monoisotopic (exact) mass is 388 g/mol. The Morgan fingerprint density at radius 2 is 1.81 bits per heavy atom. The molecule has 0 aliphatic heterocycles. The average molecular weight is 388 g/mol. The van der Waals surface area contributed by atoms with Crippen LogP contribution in [0.1, 0.15) is 42.3 Å². The number of rotatable bonds is 6. The van der Waals surface area contributed by atoms with Crippen LogP contribution >= 0.6 is 11.3 Å². The molecule has 0 atom stereocenters. The van der Waals surface area contributed by atoms with Crippen LogP contribution in [0.3, 0.4) is 0 Å². The molecule has 2 aromatic rings. The second-order valence-electron chi connectivity index (χ2n) is 6.72. The van der Waals surface area contributed by atoms with Crippen molar-refractivity contribution in [2.75, 3.05) is 18.5 Å². The van der Waals surface area contributed by atoms with Crippen LogP contribution in [0.25, 0.3) is 0 Å². The molecule has 0 radical (unpaired) electrons. The molecule has 0 unspecified atom stereocenters. The van der Waals surface area contributed by atoms with Crippen LogP contribution in [0.5, 0.6) is 0 Å². The van der Waals surface area contributed by atoms with E-state index in [0.717, 1.165) is 22.5 Å². The molecule has 0 fully saturated rings. The number of carbonyl (C=O) groups is 3. The quantitative estimate of drug-likeness (QED) is 0.588. The highest BCUT2D eigenvalue weighted by atomic mass is 32.1. The Balaban J connectivity index is 1.99. The minimum absolute atomic E-state index is 0.233. The Bertz CT molecular complexity index is 842. The molecule has 27 heavy (non-hydrogen) atoms. The smallest absolute Gasteiger partial charge is 0.341 e. The third-order valence-electron chi connectivity index (χ3n) is 4.16. The molecule has 1 aromatic heterocycles. The maximum atomic E-state index is 12.2. The Labute approximate surface area is 162 Å². The van der Waals surface area contributed by atoms with Gasteiger partial charge >= 0.3 is 17.8 Å². The van der Waals surface area contributed by atoms with E-state index in [1.165, 1.54) is 0 Å². The standard InChI is InChI=1S/C20H24N2O4S/c1-5-26-19(25)14-10-11-27-18(14)22-17(24)16(23)21-12-20(3,4)15-9-7-6-8-13(15)2/h6-11H,5,12H2,1-4H3,(H,21,23)(H,22,24). The normalized spacial score (nSPS) is 11.0. The van der Waals surface area contributed by atoms with E-state index in [9.17, 15) is 14.4 Å². The van der Waals surface area contributed by atoms with Crippen LogP contribution in [-0.2, 0) is 19.7 Å². The molecule has 2 N–H and O–H groups in total. The van der Waals surface area contributed by atoms with Gasteiger partial charge in [-0.15, -0.1) is 11.3 Å². The Kier molecular flexibility index (Phi) is 6.74. The fourth-order valence-corrected chi connectivity index (χ4v) is 3.51. The zero-order valence-corrected chi connectivity index (χ0v) is 16.7. The molecule has 0 spiro atoms. The van der Waals surface area contributed by atoms with Crippen LogP contribution in [0, 0.1) is 6.92 Å². The maximum absolute atomic E-state index is 12.2. The zero-order valence-electron chi connectivity index (χ0n) is 15.9. The summed E-state index contributed by atoms with van der Waals surface area (Å²) in [5, 5.41) is 7.11. The number of esters is 1. The van der Waals surface area contributed by atoms with E-state index in [0.29, 0.717) is 11.5 Å². The van der Waals surface area contributed by atoms with Crippen LogP contribution < -0.4 is 10.6 Å². The molecule has 0 saturated carbocycles. The zero-order chi connectivity index (χ0) is 20.0. The summed E-state index contributed by atoms with van der Waals surface area (Å²) >= 11 is 1.16. The number of carbonyl (C=O) groups excluding carboxylic acids is 3. The minimum atomic E-state index is -0.816. The lowest BCUT2D eigenvalue weighted by molar-refractivity contribution is -0.136. The number of amides is 2. The predicted octanol–water partition coefficient (Wildman–Crippen LogP) is 3.27. The summed E-state index contributed by atoms with van der Waals surface area (Å²) in [7, 11) is 0. The number of hydrogen-bond donors (Lipinski definition) is 2. The molecule has 0 aliphatic rings. The summed E-state index contributed by atoms with van der Waals surface area (Å²) in [5.41, 5.74) is 2.14. The molecular formula is C20H24N2O4S. The van der Waals surface area contributed by atoms with Crippen molar-refractivity contribution in [3.63, 3.8) is 0 Å². The summed E-state index contributed by atoms with van der Waals surface area (Å²) in [6.07, 6.45) is 0. The first-order chi connectivity index (χ1) is 12.8. The summed E-state index contributed by atoms with van der Waals surface area (Å²) in [6.45, 7) is 8.26. The van der Waals surface area contributed by atoms with Gasteiger partial charge in [-0.25, -0.2) is 4.79 Å². The average Bonchev–Trinajstić information content (AvgIpc) is 3.08. The van der Waals surface area contributed by atoms with Gasteiger partial charge in [-0.3, -0.25) is 9.59 Å². The second kappa shape index (κ2) is 8.81. The number of nitrogens with one attached hydrogen (secondary N) is 2. The molecule has 144 valence electrons. The van der Waals surface area contributed by atoms with Crippen molar-refractivity contribution in [1.29, 1.82) is 0 Å². The topological polar surface area (TPSA) is 84.5 Å². The van der Waals surface area contributed by atoms with Crippen molar-refractivity contribution in [2.45, 2.75) is 33.1 Å². The maximum Gasteiger partial charge on any atom is 0.341 e. The van der Waals surface area contributed by atoms with Gasteiger partial charge in [0.25, 0.3) is 0 Å². The van der Waals surface area contributed by atoms with Gasteiger partial charge in [0.1, 0.15) is 5.00 Å². The molecular weight excluding hydrogens is 364 g/mol. The van der Waals surface area contributed by atoms with Crippen molar-refractivity contribution >= 4 is 34.1 Å². The molecule has 0 bridgehead atoms. The van der Waals surface area contributed by atoms with Crippen LogP contribution in [0.4, 0.5) is 5.00 Å². The molecule has 2 rings (SSSR count). The van der Waals surface area contributed by atoms with E-state index < -0.39 is 17.8 Å². The lowest BCUT2D eigenvalue weighted by atomic mass is 9.82. The number of aryl methyl sites for hydroxylation is 1. The van der Waals surface area contributed by atoms with Gasteiger partial charge in [-0.2, -0.15) is 0 Å². The molecule has 6 nitrogen and oxygen atoms in total. The van der Waals surface area contributed by atoms with E-state index in [1.54, 1.807) is 18.4 Å². The van der Waals surface area contributed by atoms with Gasteiger partial charge in [-0.1, -0.05) is 38.1 Å². The number of hydrogen-bond acceptors (Lipinski definition) is 5. The second-order valence-corrected chi connectivity index (χ2v) is 7.64. The van der Waals surface area contributed by atoms with E-state index in [-0.39, 0.29) is 17.6 Å². The first-order valence-corrected chi connectivity index (χ1v) is 9.54. The SMILES string of the molecule is CCOC(=O)c1ccsc1NC(=O)C(=O)NCC(C)(C)c1ccccc1C. The van der Waals surface area contributed by atoms with E-state index in [1.807, 2.05) is 45.0 Å². The van der Waals surface area contributed by atoms with Gasteiger partial charge in [0.2, 0.25) is 0 Å². The van der Waals surface area contributed by atoms with E-state index >= 15 is 0 Å². The van der Waals surface area contributed by atoms with Gasteiger partial charge < -0.3 is 15.4 Å². The lowest BCUT2D eigenvalue weighted by Crippen LogP contribution is -2.42. The van der Waals surface area contributed by atoms with Crippen molar-refractivity contribution in [1.82, 2.24) is 5.32 Å². The van der Waals surface area contributed by atoms with Crippen LogP contribution in [0.15, 0.2) is 35.7 Å². The predicted molar refractivity (Wildman–Crippen MR) is 106 cm³/mol. The fraction of sp³-hybridized carbons (Fsp3) is 0.350. The fourth-order valence-electron chi connectivity index (χ4n) is 2.74. The van der Waals surface area contributed by atoms with Crippen molar-refractivity contribution in [2.24, 2.45) is 0 Å². The Hall–Kier alpha value is -2.67. The summed E-state index contributed by atoms with van der Waals surface area (Å²) < 4.78 is 4.94. The molecule has 1 aromatic carbocycles. The number of thiophene rings is 1. The summed E-state index contributed by atoms with van der Waals surface area (Å²) in [4.78, 5) is 36.3. The Morgan fingerprint density at radius 3 is 2.48 bits per heavy atom. The molecule has 0 aliphatic carbocycles. The number of anilines is 1. The first-order valence-electron chi connectivity index (χ1n) is 8.66. The van der Waals surface area contributed by atoms with Gasteiger partial charge in [-0.05, 0) is 36.4 Å². The van der Waals surface area contributed by atoms with Gasteiger partial charge in [0, 0.05) is 12.0 Å². The van der Waals surface area contributed by atoms with Crippen molar-refractivity contribution in [3.8, 4) is 0 Å². The lowest BCUT2D eigenvalue weighted by Gasteiger charge is -2.27. The van der Waals surface area contributed by atoms with Crippen molar-refractivity contribution in [3.05, 3.63) is 52.4 Å². The van der Waals surface area contributed by atoms with Gasteiger partial charge in [0.15, 0.2) is 0 Å². The highest BCUT2D eigenvalue weighted by molar-refractivity contribution is 7.14. The highest BCUT2D eigenvalue weighted by Crippen LogP contribution is 2.26. The summed E-state index contributed by atoms with van der Waals surface area (Å²) in [5.74, 6) is -2.10. The largest absolute Gasteiger partial charge is 0.462 e. The van der Waals surface area contributed by atoms with E-state index in [4.69, 9.17) is 4.74 Å². The molecule has 7 heteroatoms. The minimum Gasteiger partial charge on any atom is -0.462 e. The summed E-state index contributed by atoms with van der Waals surface area (Å²) in [6, 6.07) is 9.49. The molecule has 0 saturated heterocycles. The number of benzene rings is 1. The Morgan fingerprint density at radius 1 is 1.11 bits per heavy atom. The highest BCUT2D eigenvalue weighted by Gasteiger charge is 2.25. The van der Waals surface area contributed by atoms with Crippen molar-refractivity contribution < 1.29 is 19.1 Å². The van der Waals surface area contributed by atoms with Gasteiger partial charge in [0.05, 0.1) is 12.2 Å². The third-order valence-corrected chi connectivity index (χ3v) is 4.99. The third kappa shape index (κ3) is 5.17. The number of ether oxygens (including phenoxy) is 1. The molecule has 2 amide bonds. The van der Waals surface area contributed by atoms with Crippen LogP contribution in [-0.4, -0.2) is 30.9 Å². The molecule has 1 heterocycles. The van der Waals surface area contributed by atoms with E-state index in [2.05, 4.69) is 10.6 Å².